The van der Waals surface area contributed by atoms with Crippen molar-refractivity contribution in [3.05, 3.63) is 107 Å². The van der Waals surface area contributed by atoms with Crippen LogP contribution in [0.1, 0.15) is 89.3 Å². The Morgan fingerprint density at radius 2 is 1.66 bits per heavy atom. The number of carbonyl (C=O) groups excluding carboxylic acids is 1. The molecule has 0 saturated carbocycles. The second-order valence-electron chi connectivity index (χ2n) is 8.64. The predicted octanol–water partition coefficient (Wildman–Crippen LogP) is 9.72. The van der Waals surface area contributed by atoms with Gasteiger partial charge in [0.05, 0.1) is 11.6 Å². The lowest BCUT2D eigenvalue weighted by atomic mass is 10.1. The quantitative estimate of drug-likeness (QED) is 0.338. The van der Waals surface area contributed by atoms with Gasteiger partial charge in [-0.1, -0.05) is 84.0 Å². The Hall–Kier alpha value is -3.58. The molecule has 1 aromatic heterocycles. The molecular formula is C34H47FN2O. The van der Waals surface area contributed by atoms with Gasteiger partial charge >= 0.3 is 0 Å². The molecule has 0 amide bonds. The lowest BCUT2D eigenvalue weighted by molar-refractivity contribution is -0.120. The summed E-state index contributed by atoms with van der Waals surface area (Å²) >= 11 is 0. The van der Waals surface area contributed by atoms with Crippen LogP contribution in [0.25, 0.3) is 5.57 Å². The molecule has 4 heteroatoms. The number of benzene rings is 2. The van der Waals surface area contributed by atoms with Gasteiger partial charge < -0.3 is 0 Å². The van der Waals surface area contributed by atoms with Crippen LogP contribution in [-0.2, 0) is 11.2 Å². The number of carbonyl (C=O) groups is 1. The van der Waals surface area contributed by atoms with Crippen molar-refractivity contribution in [2.45, 2.75) is 81.6 Å². The standard InChI is InChI=1S/C9H11F.C9H11N.C8H7N.C6H12O.C2H6/c1-2-4-8-5-3-6-9(10)7-8;1-7(2)9-5-4-6-10-8(9)3;1-7-4-2-3-5-8(7)6-9;1-4-5(2)6(3)7;1-2/h3,5-7H,2,4H2,1H3;4-6H,1H2,2-3H3;2-5H,1H3;5H,4H2,1-3H3;1-2H3. The Balaban J connectivity index is 0. The third-order valence-corrected chi connectivity index (χ3v) is 5.47. The third-order valence-electron chi connectivity index (χ3n) is 5.47. The smallest absolute Gasteiger partial charge is 0.132 e. The summed E-state index contributed by atoms with van der Waals surface area (Å²) < 4.78 is 12.5. The van der Waals surface area contributed by atoms with Crippen molar-refractivity contribution in [2.75, 3.05) is 0 Å². The minimum absolute atomic E-state index is 0.133. The van der Waals surface area contributed by atoms with E-state index in [0.29, 0.717) is 5.78 Å². The summed E-state index contributed by atoms with van der Waals surface area (Å²) in [5.74, 6) is 0.424. The zero-order chi connectivity index (χ0) is 29.5. The van der Waals surface area contributed by atoms with Crippen molar-refractivity contribution in [3.63, 3.8) is 0 Å². The van der Waals surface area contributed by atoms with Crippen LogP contribution >= 0.6 is 0 Å². The molecule has 1 unspecified atom stereocenters. The Morgan fingerprint density at radius 1 is 1.03 bits per heavy atom. The van der Waals surface area contributed by atoms with Gasteiger partial charge in [0.25, 0.3) is 0 Å². The molecule has 0 aliphatic rings. The summed E-state index contributed by atoms with van der Waals surface area (Å²) in [6.07, 6.45) is 4.80. The molecule has 2 aromatic carbocycles. The molecule has 3 nitrogen and oxygen atoms in total. The van der Waals surface area contributed by atoms with Crippen molar-refractivity contribution in [1.82, 2.24) is 4.98 Å². The maximum Gasteiger partial charge on any atom is 0.132 e. The highest BCUT2D eigenvalue weighted by molar-refractivity contribution is 5.77. The number of Topliss-reactive ketones (excluding diaryl/α,β-unsaturated/α-hetero) is 1. The lowest BCUT2D eigenvalue weighted by Gasteiger charge is -2.00. The fourth-order valence-corrected chi connectivity index (χ4v) is 2.90. The van der Waals surface area contributed by atoms with E-state index in [2.05, 4.69) is 24.6 Å². The monoisotopic (exact) mass is 518 g/mol. The van der Waals surface area contributed by atoms with Gasteiger partial charge in [-0.05, 0) is 87.1 Å². The van der Waals surface area contributed by atoms with Gasteiger partial charge in [-0.3, -0.25) is 9.78 Å². The molecule has 1 heterocycles. The predicted molar refractivity (Wildman–Crippen MR) is 161 cm³/mol. The second kappa shape index (κ2) is 22.6. The molecule has 0 N–H and O–H groups in total. The molecule has 0 radical (unpaired) electrons. The molecule has 3 aromatic rings. The van der Waals surface area contributed by atoms with Crippen LogP contribution in [0.15, 0.2) is 73.4 Å². The molecule has 0 spiro atoms. The van der Waals surface area contributed by atoms with E-state index in [9.17, 15) is 9.18 Å². The highest BCUT2D eigenvalue weighted by Crippen LogP contribution is 2.12. The van der Waals surface area contributed by atoms with Gasteiger partial charge in [-0.25, -0.2) is 4.39 Å². The third kappa shape index (κ3) is 17.0. The fraction of sp³-hybridized carbons (Fsp3) is 0.382. The zero-order valence-corrected chi connectivity index (χ0v) is 24.9. The van der Waals surface area contributed by atoms with Crippen molar-refractivity contribution in [2.24, 2.45) is 5.92 Å². The number of allylic oxidation sites excluding steroid dienone is 1. The highest BCUT2D eigenvalue weighted by Gasteiger charge is 2.01. The summed E-state index contributed by atoms with van der Waals surface area (Å²) in [7, 11) is 0. The number of hydrogen-bond acceptors (Lipinski definition) is 3. The number of nitrogens with zero attached hydrogens (tertiary/aromatic N) is 2. The molecule has 38 heavy (non-hydrogen) atoms. The summed E-state index contributed by atoms with van der Waals surface area (Å²) in [6, 6.07) is 20.4. The van der Waals surface area contributed by atoms with Crippen LogP contribution in [0.3, 0.4) is 0 Å². The van der Waals surface area contributed by atoms with Crippen LogP contribution in [0.2, 0.25) is 0 Å². The van der Waals surface area contributed by atoms with Crippen LogP contribution in [-0.4, -0.2) is 10.8 Å². The first-order chi connectivity index (χ1) is 18.1. The van der Waals surface area contributed by atoms with E-state index in [1.165, 1.54) is 6.07 Å². The Bertz CT molecular complexity index is 1120. The van der Waals surface area contributed by atoms with E-state index in [4.69, 9.17) is 5.26 Å². The van der Waals surface area contributed by atoms with Gasteiger partial charge in [0.15, 0.2) is 0 Å². The minimum atomic E-state index is -0.133. The van der Waals surface area contributed by atoms with E-state index in [1.807, 2.05) is 90.9 Å². The Labute approximate surface area is 231 Å². The lowest BCUT2D eigenvalue weighted by Crippen LogP contribution is -2.03. The molecule has 0 aliphatic carbocycles. The summed E-state index contributed by atoms with van der Waals surface area (Å²) in [6.45, 7) is 21.4. The Kier molecular flexibility index (Phi) is 21.8. The molecule has 0 aliphatic heterocycles. The first-order valence-electron chi connectivity index (χ1n) is 13.3. The average Bonchev–Trinajstić information content (AvgIpc) is 2.91. The first-order valence-corrected chi connectivity index (χ1v) is 13.3. The number of aryl methyl sites for hydroxylation is 3. The topological polar surface area (TPSA) is 53.8 Å². The molecule has 1 atom stereocenters. The van der Waals surface area contributed by atoms with Crippen LogP contribution in [0.5, 0.6) is 0 Å². The van der Waals surface area contributed by atoms with E-state index in [-0.39, 0.29) is 11.7 Å². The number of rotatable bonds is 5. The number of ketones is 1. The van der Waals surface area contributed by atoms with Crippen LogP contribution in [0.4, 0.5) is 4.39 Å². The first kappa shape index (κ1) is 36.6. The summed E-state index contributed by atoms with van der Waals surface area (Å²) in [5, 5.41) is 8.47. The molecule has 0 bridgehead atoms. The number of hydrogen-bond donors (Lipinski definition) is 0. The van der Waals surface area contributed by atoms with Crippen molar-refractivity contribution in [1.29, 1.82) is 5.26 Å². The number of aromatic nitrogens is 1. The van der Waals surface area contributed by atoms with E-state index >= 15 is 0 Å². The SMILES string of the molecule is C=C(C)c1cccnc1C.CC.CCC(C)C(C)=O.CCCc1cccc(F)c1.Cc1ccccc1C#N. The van der Waals surface area contributed by atoms with Gasteiger partial charge in [0, 0.05) is 17.8 Å². The number of pyridine rings is 1. The molecular weight excluding hydrogens is 471 g/mol. The van der Waals surface area contributed by atoms with Crippen LogP contribution in [0, 0.1) is 36.9 Å². The van der Waals surface area contributed by atoms with Crippen molar-refractivity contribution in [3.8, 4) is 6.07 Å². The normalized spacial score (nSPS) is 9.71. The molecule has 0 saturated heterocycles. The van der Waals surface area contributed by atoms with Crippen molar-refractivity contribution >= 4 is 11.4 Å². The van der Waals surface area contributed by atoms with Gasteiger partial charge in [0.1, 0.15) is 11.6 Å². The fourth-order valence-electron chi connectivity index (χ4n) is 2.90. The zero-order valence-electron chi connectivity index (χ0n) is 24.9. The average molecular weight is 519 g/mol. The highest BCUT2D eigenvalue weighted by atomic mass is 19.1. The maximum absolute atomic E-state index is 12.5. The molecule has 206 valence electrons. The Morgan fingerprint density at radius 3 is 2.03 bits per heavy atom. The number of nitriles is 1. The number of halogens is 1. The van der Waals surface area contributed by atoms with E-state index in [1.54, 1.807) is 25.3 Å². The van der Waals surface area contributed by atoms with Crippen molar-refractivity contribution < 1.29 is 9.18 Å². The van der Waals surface area contributed by atoms with E-state index < -0.39 is 0 Å². The minimum Gasteiger partial charge on any atom is -0.300 e. The van der Waals surface area contributed by atoms with Gasteiger partial charge in [0.2, 0.25) is 0 Å². The largest absolute Gasteiger partial charge is 0.300 e. The summed E-state index contributed by atoms with van der Waals surface area (Å²) in [5.41, 5.74) is 6.17. The maximum atomic E-state index is 12.5. The van der Waals surface area contributed by atoms with Gasteiger partial charge in [-0.2, -0.15) is 5.26 Å². The second-order valence-corrected chi connectivity index (χ2v) is 8.64. The van der Waals surface area contributed by atoms with Gasteiger partial charge in [-0.15, -0.1) is 0 Å². The summed E-state index contributed by atoms with van der Waals surface area (Å²) in [4.78, 5) is 14.5. The molecule has 0 fully saturated rings. The molecule has 3 rings (SSSR count). The van der Waals surface area contributed by atoms with Crippen LogP contribution < -0.4 is 0 Å². The van der Waals surface area contributed by atoms with E-state index in [0.717, 1.165) is 52.8 Å².